The summed E-state index contributed by atoms with van der Waals surface area (Å²) in [4.78, 5) is 10.8. The van der Waals surface area contributed by atoms with Crippen molar-refractivity contribution in [1.29, 1.82) is 0 Å². The first-order valence-corrected chi connectivity index (χ1v) is 4.98. The Kier molecular flexibility index (Phi) is 3.22. The van der Waals surface area contributed by atoms with E-state index in [-0.39, 0.29) is 12.4 Å². The summed E-state index contributed by atoms with van der Waals surface area (Å²) in [6, 6.07) is 9.65. The predicted molar refractivity (Wildman–Crippen MR) is 56.7 cm³/mol. The second-order valence-electron chi connectivity index (χ2n) is 3.50. The molecule has 16 heavy (non-hydrogen) atoms. The van der Waals surface area contributed by atoms with E-state index in [1.807, 2.05) is 30.3 Å². The fraction of sp³-hybridized carbons (Fsp3) is 0.250. The Morgan fingerprint density at radius 3 is 2.69 bits per heavy atom. The van der Waals surface area contributed by atoms with Gasteiger partial charge in [-0.05, 0) is 5.56 Å². The van der Waals surface area contributed by atoms with Gasteiger partial charge in [0.2, 0.25) is 0 Å². The Morgan fingerprint density at radius 2 is 2.06 bits per heavy atom. The maximum atomic E-state index is 10.8. The smallest absolute Gasteiger partial charge is 0.335 e. The normalized spacial score (nSPS) is 19.4. The van der Waals surface area contributed by atoms with Crippen LogP contribution in [0.15, 0.2) is 42.2 Å². The molecule has 0 aliphatic carbocycles. The minimum Gasteiger partial charge on any atom is -0.508 e. The van der Waals surface area contributed by atoms with Crippen molar-refractivity contribution in [2.75, 3.05) is 6.61 Å². The number of hydrogen-bond donors (Lipinski definition) is 1. The van der Waals surface area contributed by atoms with Crippen LogP contribution >= 0.6 is 0 Å². The third kappa shape index (κ3) is 2.61. The Balaban J connectivity index is 1.77. The molecule has 1 N–H and O–H groups in total. The van der Waals surface area contributed by atoms with Gasteiger partial charge in [0.15, 0.2) is 6.10 Å². The lowest BCUT2D eigenvalue weighted by molar-refractivity contribution is -0.141. The molecule has 84 valence electrons. The van der Waals surface area contributed by atoms with Gasteiger partial charge < -0.3 is 14.6 Å². The SMILES string of the molecule is O=C1C=C(O)C(COCc2ccccc2)O1. The van der Waals surface area contributed by atoms with E-state index in [1.54, 1.807) is 0 Å². The molecule has 1 aromatic rings. The molecule has 1 aromatic carbocycles. The maximum absolute atomic E-state index is 10.8. The van der Waals surface area contributed by atoms with Crippen LogP contribution in [-0.4, -0.2) is 23.8 Å². The van der Waals surface area contributed by atoms with Gasteiger partial charge >= 0.3 is 5.97 Å². The highest BCUT2D eigenvalue weighted by atomic mass is 16.6. The molecule has 0 amide bonds. The Labute approximate surface area is 93.1 Å². The average Bonchev–Trinajstić information content (AvgIpc) is 2.59. The van der Waals surface area contributed by atoms with Crippen molar-refractivity contribution in [3.63, 3.8) is 0 Å². The Morgan fingerprint density at radius 1 is 1.31 bits per heavy atom. The zero-order valence-corrected chi connectivity index (χ0v) is 8.63. The molecular formula is C12H12O4. The van der Waals surface area contributed by atoms with Crippen molar-refractivity contribution in [3.8, 4) is 0 Å². The Hall–Kier alpha value is -1.81. The number of ether oxygens (including phenoxy) is 2. The van der Waals surface area contributed by atoms with E-state index >= 15 is 0 Å². The quantitative estimate of drug-likeness (QED) is 0.782. The van der Waals surface area contributed by atoms with E-state index in [1.165, 1.54) is 0 Å². The summed E-state index contributed by atoms with van der Waals surface area (Å²) in [6.45, 7) is 0.602. The zero-order valence-electron chi connectivity index (χ0n) is 8.63. The van der Waals surface area contributed by atoms with E-state index in [2.05, 4.69) is 0 Å². The van der Waals surface area contributed by atoms with Crippen molar-refractivity contribution < 1.29 is 19.4 Å². The summed E-state index contributed by atoms with van der Waals surface area (Å²) in [5.41, 5.74) is 1.04. The van der Waals surface area contributed by atoms with Crippen molar-refractivity contribution in [2.45, 2.75) is 12.7 Å². The number of hydrogen-bond acceptors (Lipinski definition) is 4. The van der Waals surface area contributed by atoms with Crippen LogP contribution in [0.3, 0.4) is 0 Å². The van der Waals surface area contributed by atoms with Gasteiger partial charge in [0.25, 0.3) is 0 Å². The highest BCUT2D eigenvalue weighted by Gasteiger charge is 2.25. The lowest BCUT2D eigenvalue weighted by Gasteiger charge is -2.10. The fourth-order valence-corrected chi connectivity index (χ4v) is 1.43. The van der Waals surface area contributed by atoms with E-state index in [9.17, 15) is 9.90 Å². The summed E-state index contributed by atoms with van der Waals surface area (Å²) in [5, 5.41) is 9.29. The highest BCUT2D eigenvalue weighted by Crippen LogP contribution is 2.13. The van der Waals surface area contributed by atoms with Crippen LogP contribution in [0.4, 0.5) is 0 Å². The third-order valence-corrected chi connectivity index (χ3v) is 2.23. The van der Waals surface area contributed by atoms with Crippen LogP contribution in [0.25, 0.3) is 0 Å². The molecule has 1 heterocycles. The molecular weight excluding hydrogens is 208 g/mol. The van der Waals surface area contributed by atoms with Gasteiger partial charge in [0.1, 0.15) is 5.76 Å². The molecule has 0 saturated carbocycles. The van der Waals surface area contributed by atoms with Gasteiger partial charge in [-0.1, -0.05) is 30.3 Å². The predicted octanol–water partition coefficient (Wildman–Crippen LogP) is 1.57. The number of benzene rings is 1. The van der Waals surface area contributed by atoms with Crippen LogP contribution in [-0.2, 0) is 20.9 Å². The van der Waals surface area contributed by atoms with E-state index < -0.39 is 12.1 Å². The lowest BCUT2D eigenvalue weighted by atomic mass is 10.2. The fourth-order valence-electron chi connectivity index (χ4n) is 1.43. The second-order valence-corrected chi connectivity index (χ2v) is 3.50. The average molecular weight is 220 g/mol. The van der Waals surface area contributed by atoms with E-state index in [4.69, 9.17) is 9.47 Å². The second kappa shape index (κ2) is 4.81. The van der Waals surface area contributed by atoms with Gasteiger partial charge in [0, 0.05) is 0 Å². The monoisotopic (exact) mass is 220 g/mol. The summed E-state index contributed by atoms with van der Waals surface area (Å²) in [6.07, 6.45) is 0.410. The van der Waals surface area contributed by atoms with E-state index in [0.29, 0.717) is 6.61 Å². The van der Waals surface area contributed by atoms with Crippen LogP contribution in [0.5, 0.6) is 0 Å². The molecule has 0 bridgehead atoms. The van der Waals surface area contributed by atoms with Gasteiger partial charge in [-0.25, -0.2) is 4.79 Å². The molecule has 1 unspecified atom stereocenters. The number of aliphatic hydroxyl groups excluding tert-OH is 1. The van der Waals surface area contributed by atoms with Crippen LogP contribution in [0, 0.1) is 0 Å². The summed E-state index contributed by atoms with van der Waals surface area (Å²) < 4.78 is 10.1. The Bertz CT molecular complexity index is 397. The molecule has 4 heteroatoms. The molecule has 1 aliphatic heterocycles. The van der Waals surface area contributed by atoms with E-state index in [0.717, 1.165) is 11.6 Å². The molecule has 1 atom stereocenters. The number of esters is 1. The van der Waals surface area contributed by atoms with Crippen LogP contribution in [0.2, 0.25) is 0 Å². The standard InChI is InChI=1S/C12H12O4/c13-10-6-12(14)16-11(10)8-15-7-9-4-2-1-3-5-9/h1-6,11,13H,7-8H2. The first kappa shape index (κ1) is 10.7. The first-order valence-electron chi connectivity index (χ1n) is 4.98. The molecule has 2 rings (SSSR count). The number of carbonyl (C=O) groups excluding carboxylic acids is 1. The van der Waals surface area contributed by atoms with Gasteiger partial charge in [-0.2, -0.15) is 0 Å². The summed E-state index contributed by atoms with van der Waals surface area (Å²) in [7, 11) is 0. The summed E-state index contributed by atoms with van der Waals surface area (Å²) >= 11 is 0. The minimum absolute atomic E-state index is 0.0712. The molecule has 0 spiro atoms. The molecule has 0 fully saturated rings. The van der Waals surface area contributed by atoms with Crippen LogP contribution in [0.1, 0.15) is 5.56 Å². The highest BCUT2D eigenvalue weighted by molar-refractivity contribution is 5.85. The minimum atomic E-state index is -0.656. The zero-order chi connectivity index (χ0) is 11.4. The van der Waals surface area contributed by atoms with Gasteiger partial charge in [-0.15, -0.1) is 0 Å². The van der Waals surface area contributed by atoms with Crippen molar-refractivity contribution in [3.05, 3.63) is 47.7 Å². The molecule has 0 radical (unpaired) electrons. The van der Waals surface area contributed by atoms with Gasteiger partial charge in [0.05, 0.1) is 19.3 Å². The molecule has 1 aliphatic rings. The molecule has 0 aromatic heterocycles. The van der Waals surface area contributed by atoms with Gasteiger partial charge in [-0.3, -0.25) is 0 Å². The topological polar surface area (TPSA) is 55.8 Å². The lowest BCUT2D eigenvalue weighted by Crippen LogP contribution is -2.18. The third-order valence-electron chi connectivity index (χ3n) is 2.23. The number of rotatable bonds is 4. The summed E-state index contributed by atoms with van der Waals surface area (Å²) in [5.74, 6) is -0.594. The van der Waals surface area contributed by atoms with Crippen molar-refractivity contribution in [1.82, 2.24) is 0 Å². The number of carbonyl (C=O) groups is 1. The number of aliphatic hydroxyl groups is 1. The molecule has 4 nitrogen and oxygen atoms in total. The maximum Gasteiger partial charge on any atom is 0.335 e. The van der Waals surface area contributed by atoms with Crippen molar-refractivity contribution in [2.24, 2.45) is 0 Å². The molecule has 0 saturated heterocycles. The van der Waals surface area contributed by atoms with Crippen LogP contribution < -0.4 is 0 Å². The van der Waals surface area contributed by atoms with Crippen molar-refractivity contribution >= 4 is 5.97 Å². The first-order chi connectivity index (χ1) is 7.75. The largest absolute Gasteiger partial charge is 0.508 e. The number of cyclic esters (lactones) is 1.